The SMILES string of the molecule is Cc1cc(-c2cc(Oc3ccc(NP)cc3)ccn2)no1. The second-order valence-electron chi connectivity index (χ2n) is 4.47. The molecule has 0 spiro atoms. The quantitative estimate of drug-likeness (QED) is 0.737. The van der Waals surface area contributed by atoms with E-state index in [1.54, 1.807) is 12.3 Å². The van der Waals surface area contributed by atoms with Crippen LogP contribution in [0.1, 0.15) is 5.76 Å². The molecule has 0 aliphatic carbocycles. The van der Waals surface area contributed by atoms with Gasteiger partial charge in [-0.25, -0.2) is 0 Å². The molecule has 0 aliphatic rings. The number of anilines is 1. The van der Waals surface area contributed by atoms with Crippen molar-refractivity contribution in [1.29, 1.82) is 0 Å². The number of nitrogens with zero attached hydrogens (tertiary/aromatic N) is 2. The minimum atomic E-state index is 0.695. The van der Waals surface area contributed by atoms with E-state index in [9.17, 15) is 0 Å². The van der Waals surface area contributed by atoms with Crippen LogP contribution in [0.15, 0.2) is 53.2 Å². The predicted molar refractivity (Wildman–Crippen MR) is 84.3 cm³/mol. The molecule has 0 saturated carbocycles. The van der Waals surface area contributed by atoms with Gasteiger partial charge >= 0.3 is 0 Å². The van der Waals surface area contributed by atoms with E-state index in [-0.39, 0.29) is 0 Å². The molecule has 0 amide bonds. The van der Waals surface area contributed by atoms with Gasteiger partial charge in [-0.15, -0.1) is 0 Å². The first-order valence-electron chi connectivity index (χ1n) is 6.39. The Morgan fingerprint density at radius 1 is 1.05 bits per heavy atom. The van der Waals surface area contributed by atoms with Gasteiger partial charge in [-0.05, 0) is 46.6 Å². The summed E-state index contributed by atoms with van der Waals surface area (Å²) in [6.07, 6.45) is 1.69. The number of pyridine rings is 1. The fraction of sp³-hybridized carbons (Fsp3) is 0.0667. The van der Waals surface area contributed by atoms with E-state index in [1.807, 2.05) is 43.3 Å². The highest BCUT2D eigenvalue weighted by Crippen LogP contribution is 2.26. The lowest BCUT2D eigenvalue weighted by Gasteiger charge is -2.07. The Labute approximate surface area is 124 Å². The number of benzene rings is 1. The van der Waals surface area contributed by atoms with Gasteiger partial charge < -0.3 is 14.3 Å². The standard InChI is InChI=1S/C15H14N3O2P/c1-10-8-15(17-20-10)14-9-13(6-7-16-14)19-12-4-2-11(18-21)3-5-12/h2-9,18H,21H2,1H3. The summed E-state index contributed by atoms with van der Waals surface area (Å²) >= 11 is 0. The molecular formula is C15H14N3O2P. The Kier molecular flexibility index (Phi) is 3.84. The number of hydrogen-bond acceptors (Lipinski definition) is 5. The second-order valence-corrected chi connectivity index (χ2v) is 4.76. The molecule has 1 atom stereocenters. The summed E-state index contributed by atoms with van der Waals surface area (Å²) in [6, 6.07) is 13.1. The molecule has 0 aliphatic heterocycles. The number of hydrogen-bond donors (Lipinski definition) is 1. The van der Waals surface area contributed by atoms with Crippen LogP contribution in [-0.4, -0.2) is 10.1 Å². The van der Waals surface area contributed by atoms with Crippen LogP contribution in [0.4, 0.5) is 5.69 Å². The molecule has 106 valence electrons. The maximum absolute atomic E-state index is 5.81. The van der Waals surface area contributed by atoms with E-state index >= 15 is 0 Å². The second kappa shape index (κ2) is 5.94. The fourth-order valence-electron chi connectivity index (χ4n) is 1.86. The number of nitrogens with one attached hydrogen (secondary N) is 1. The van der Waals surface area contributed by atoms with E-state index in [4.69, 9.17) is 9.26 Å². The van der Waals surface area contributed by atoms with Crippen LogP contribution in [-0.2, 0) is 0 Å². The van der Waals surface area contributed by atoms with E-state index in [0.717, 1.165) is 17.2 Å². The zero-order valence-corrected chi connectivity index (χ0v) is 12.6. The molecular weight excluding hydrogens is 285 g/mol. The van der Waals surface area contributed by atoms with Crippen LogP contribution in [0.5, 0.6) is 11.5 Å². The third-order valence-electron chi connectivity index (χ3n) is 2.88. The Bertz CT molecular complexity index is 741. The molecule has 6 heteroatoms. The first-order chi connectivity index (χ1) is 10.2. The van der Waals surface area contributed by atoms with Crippen molar-refractivity contribution in [3.05, 3.63) is 54.4 Å². The Morgan fingerprint density at radius 2 is 1.86 bits per heavy atom. The average molecular weight is 299 g/mol. The first-order valence-corrected chi connectivity index (χ1v) is 6.96. The molecule has 3 aromatic rings. The van der Waals surface area contributed by atoms with Crippen LogP contribution in [0.25, 0.3) is 11.4 Å². The third-order valence-corrected chi connectivity index (χ3v) is 3.21. The molecule has 2 heterocycles. The van der Waals surface area contributed by atoms with Crippen molar-refractivity contribution >= 4 is 15.1 Å². The molecule has 1 aromatic carbocycles. The van der Waals surface area contributed by atoms with Gasteiger partial charge in [0, 0.05) is 24.0 Å². The van der Waals surface area contributed by atoms with Crippen molar-refractivity contribution in [1.82, 2.24) is 10.1 Å². The van der Waals surface area contributed by atoms with Crippen molar-refractivity contribution in [2.75, 3.05) is 5.09 Å². The summed E-state index contributed by atoms with van der Waals surface area (Å²) in [5.74, 6) is 2.21. The Hall–Kier alpha value is -2.39. The molecule has 2 aromatic heterocycles. The third kappa shape index (κ3) is 3.20. The molecule has 5 nitrogen and oxygen atoms in total. The van der Waals surface area contributed by atoms with Gasteiger partial charge in [-0.2, -0.15) is 0 Å². The molecule has 0 fully saturated rings. The summed E-state index contributed by atoms with van der Waals surface area (Å²) in [6.45, 7) is 1.85. The highest BCUT2D eigenvalue weighted by molar-refractivity contribution is 7.18. The lowest BCUT2D eigenvalue weighted by atomic mass is 10.2. The first kappa shape index (κ1) is 13.6. The molecule has 0 bridgehead atoms. The average Bonchev–Trinajstić information content (AvgIpc) is 2.95. The van der Waals surface area contributed by atoms with E-state index in [2.05, 4.69) is 24.6 Å². The van der Waals surface area contributed by atoms with Crippen molar-refractivity contribution in [2.24, 2.45) is 0 Å². The molecule has 1 unspecified atom stereocenters. The maximum atomic E-state index is 5.81. The summed E-state index contributed by atoms with van der Waals surface area (Å²) in [5.41, 5.74) is 2.41. The van der Waals surface area contributed by atoms with Gasteiger partial charge in [0.2, 0.25) is 0 Å². The summed E-state index contributed by atoms with van der Waals surface area (Å²) < 4.78 is 10.9. The zero-order chi connectivity index (χ0) is 14.7. The van der Waals surface area contributed by atoms with Crippen LogP contribution in [0, 0.1) is 6.92 Å². The topological polar surface area (TPSA) is 60.2 Å². The maximum Gasteiger partial charge on any atom is 0.134 e. The zero-order valence-electron chi connectivity index (χ0n) is 11.4. The smallest absolute Gasteiger partial charge is 0.134 e. The van der Waals surface area contributed by atoms with Crippen LogP contribution in [0.2, 0.25) is 0 Å². The van der Waals surface area contributed by atoms with Crippen molar-refractivity contribution in [3.8, 4) is 22.9 Å². The van der Waals surface area contributed by atoms with Gasteiger partial charge in [0.25, 0.3) is 0 Å². The molecule has 1 N–H and O–H groups in total. The summed E-state index contributed by atoms with van der Waals surface area (Å²) in [4.78, 5) is 4.28. The normalized spacial score (nSPS) is 10.4. The summed E-state index contributed by atoms with van der Waals surface area (Å²) in [5, 5.41) is 6.94. The monoisotopic (exact) mass is 299 g/mol. The van der Waals surface area contributed by atoms with Crippen molar-refractivity contribution < 1.29 is 9.26 Å². The van der Waals surface area contributed by atoms with Crippen LogP contribution in [0.3, 0.4) is 0 Å². The molecule has 0 radical (unpaired) electrons. The minimum Gasteiger partial charge on any atom is -0.457 e. The van der Waals surface area contributed by atoms with Crippen LogP contribution >= 0.6 is 9.39 Å². The number of aromatic nitrogens is 2. The minimum absolute atomic E-state index is 0.695. The van der Waals surface area contributed by atoms with Gasteiger partial charge in [-0.3, -0.25) is 4.98 Å². The fourth-order valence-corrected chi connectivity index (χ4v) is 2.05. The Morgan fingerprint density at radius 3 is 2.52 bits per heavy atom. The molecule has 21 heavy (non-hydrogen) atoms. The lowest BCUT2D eigenvalue weighted by Crippen LogP contribution is -1.88. The van der Waals surface area contributed by atoms with Crippen molar-refractivity contribution in [2.45, 2.75) is 6.92 Å². The van der Waals surface area contributed by atoms with Crippen molar-refractivity contribution in [3.63, 3.8) is 0 Å². The van der Waals surface area contributed by atoms with Gasteiger partial charge in [0.15, 0.2) is 0 Å². The van der Waals surface area contributed by atoms with Gasteiger partial charge in [0.05, 0.1) is 5.69 Å². The largest absolute Gasteiger partial charge is 0.457 e. The number of aryl methyl sites for hydroxylation is 1. The van der Waals surface area contributed by atoms with E-state index < -0.39 is 0 Å². The van der Waals surface area contributed by atoms with Crippen LogP contribution < -0.4 is 9.82 Å². The lowest BCUT2D eigenvalue weighted by molar-refractivity contribution is 0.399. The van der Waals surface area contributed by atoms with E-state index in [0.29, 0.717) is 17.1 Å². The summed E-state index contributed by atoms with van der Waals surface area (Å²) in [7, 11) is 2.45. The highest BCUT2D eigenvalue weighted by Gasteiger charge is 2.07. The predicted octanol–water partition coefficient (Wildman–Crippen LogP) is 4.04. The number of rotatable bonds is 4. The van der Waals surface area contributed by atoms with Gasteiger partial charge in [-0.1, -0.05) is 5.16 Å². The Balaban J connectivity index is 1.82. The van der Waals surface area contributed by atoms with Gasteiger partial charge in [0.1, 0.15) is 23.0 Å². The molecule has 0 saturated heterocycles. The molecule has 3 rings (SSSR count). The van der Waals surface area contributed by atoms with E-state index in [1.165, 1.54) is 0 Å². The highest BCUT2D eigenvalue weighted by atomic mass is 31.0. The number of ether oxygens (including phenoxy) is 1.